The van der Waals surface area contributed by atoms with Crippen LogP contribution in [0, 0.1) is 0 Å². The van der Waals surface area contributed by atoms with Crippen LogP contribution in [0.1, 0.15) is 46.4 Å². The van der Waals surface area contributed by atoms with Crippen molar-refractivity contribution in [1.29, 1.82) is 0 Å². The molecule has 0 radical (unpaired) electrons. The molecule has 1 aromatic heterocycles. The number of likely N-dealkylation sites (tertiary alicyclic amines) is 1. The maximum atomic E-state index is 12.6. The molecule has 1 N–H and O–H groups in total. The number of hydrogen-bond donors (Lipinski definition) is 1. The number of carbonyl (C=O) groups is 1. The average Bonchev–Trinajstić information content (AvgIpc) is 3.56. The van der Waals surface area contributed by atoms with Gasteiger partial charge in [0.2, 0.25) is 10.0 Å². The molecule has 5 rings (SSSR count). The zero-order valence-corrected chi connectivity index (χ0v) is 24.3. The SMILES string of the molecule is CS(=O)(=O)N1CCc2c(c(-c3ccc(Cl)c(CNC(=O)c4ccc(Cl)cc4)c3)nn2CCCN2CCCC2)C1. The highest BCUT2D eigenvalue weighted by molar-refractivity contribution is 7.88. The second-order valence-electron chi connectivity index (χ2n) is 10.2. The molecule has 0 bridgehead atoms. The molecule has 2 aliphatic rings. The molecule has 1 fully saturated rings. The van der Waals surface area contributed by atoms with Crippen LogP contribution >= 0.6 is 23.2 Å². The van der Waals surface area contributed by atoms with E-state index in [0.717, 1.165) is 60.7 Å². The van der Waals surface area contributed by atoms with E-state index in [0.29, 0.717) is 35.1 Å². The van der Waals surface area contributed by atoms with E-state index in [9.17, 15) is 13.2 Å². The third-order valence-corrected chi connectivity index (χ3v) is 9.35. The third-order valence-electron chi connectivity index (χ3n) is 7.48. The predicted molar refractivity (Wildman–Crippen MR) is 155 cm³/mol. The Hall–Kier alpha value is -2.43. The smallest absolute Gasteiger partial charge is 0.251 e. The summed E-state index contributed by atoms with van der Waals surface area (Å²) in [5.41, 5.74) is 4.91. The molecule has 0 spiro atoms. The fourth-order valence-corrected chi connectivity index (χ4v) is 6.45. The number of benzene rings is 2. The zero-order chi connectivity index (χ0) is 27.6. The lowest BCUT2D eigenvalue weighted by Crippen LogP contribution is -2.35. The van der Waals surface area contributed by atoms with E-state index in [-0.39, 0.29) is 12.5 Å². The van der Waals surface area contributed by atoms with Crippen LogP contribution in [0.4, 0.5) is 0 Å². The average molecular weight is 591 g/mol. The quantitative estimate of drug-likeness (QED) is 0.394. The summed E-state index contributed by atoms with van der Waals surface area (Å²) in [4.78, 5) is 15.1. The molecule has 1 saturated heterocycles. The number of rotatable bonds is 9. The van der Waals surface area contributed by atoms with Gasteiger partial charge in [-0.05, 0) is 80.9 Å². The Balaban J connectivity index is 1.39. The van der Waals surface area contributed by atoms with Gasteiger partial charge in [-0.2, -0.15) is 9.40 Å². The highest BCUT2D eigenvalue weighted by atomic mass is 35.5. The largest absolute Gasteiger partial charge is 0.348 e. The summed E-state index contributed by atoms with van der Waals surface area (Å²) in [7, 11) is -3.34. The molecule has 3 aromatic rings. The van der Waals surface area contributed by atoms with Crippen LogP contribution in [0.5, 0.6) is 0 Å². The number of sulfonamides is 1. The molecule has 2 aliphatic heterocycles. The summed E-state index contributed by atoms with van der Waals surface area (Å²) in [6.07, 6.45) is 5.40. The van der Waals surface area contributed by atoms with Gasteiger partial charge in [-0.3, -0.25) is 9.48 Å². The van der Waals surface area contributed by atoms with Crippen LogP contribution in [0.15, 0.2) is 42.5 Å². The molecule has 0 unspecified atom stereocenters. The Kier molecular flexibility index (Phi) is 8.63. The van der Waals surface area contributed by atoms with E-state index in [1.165, 1.54) is 23.4 Å². The molecule has 0 aliphatic carbocycles. The van der Waals surface area contributed by atoms with Gasteiger partial charge in [0.25, 0.3) is 5.91 Å². The Morgan fingerprint density at radius 3 is 2.49 bits per heavy atom. The number of nitrogens with zero attached hydrogens (tertiary/aromatic N) is 4. The van der Waals surface area contributed by atoms with Crippen molar-refractivity contribution in [3.05, 3.63) is 74.9 Å². The molecule has 1 amide bonds. The van der Waals surface area contributed by atoms with Gasteiger partial charge < -0.3 is 10.2 Å². The van der Waals surface area contributed by atoms with Gasteiger partial charge in [0.05, 0.1) is 11.9 Å². The summed E-state index contributed by atoms with van der Waals surface area (Å²) in [6.45, 7) is 5.13. The van der Waals surface area contributed by atoms with Crippen LogP contribution in [0.25, 0.3) is 11.3 Å². The van der Waals surface area contributed by atoms with Crippen LogP contribution < -0.4 is 5.32 Å². The van der Waals surface area contributed by atoms with Crippen molar-refractivity contribution in [1.82, 2.24) is 24.3 Å². The van der Waals surface area contributed by atoms with Gasteiger partial charge in [0, 0.05) is 65.0 Å². The number of carbonyl (C=O) groups excluding carboxylic acids is 1. The molecule has 8 nitrogen and oxygen atoms in total. The van der Waals surface area contributed by atoms with Crippen molar-refractivity contribution in [3.63, 3.8) is 0 Å². The molecule has 39 heavy (non-hydrogen) atoms. The maximum Gasteiger partial charge on any atom is 0.251 e. The Bertz CT molecular complexity index is 1450. The minimum absolute atomic E-state index is 0.225. The van der Waals surface area contributed by atoms with Crippen LogP contribution in [0.2, 0.25) is 10.0 Å². The van der Waals surface area contributed by atoms with E-state index in [2.05, 4.69) is 14.9 Å². The van der Waals surface area contributed by atoms with Crippen LogP contribution in [0.3, 0.4) is 0 Å². The lowest BCUT2D eigenvalue weighted by atomic mass is 10.0. The third kappa shape index (κ3) is 6.66. The summed E-state index contributed by atoms with van der Waals surface area (Å²) in [6, 6.07) is 12.3. The first-order valence-electron chi connectivity index (χ1n) is 13.3. The van der Waals surface area contributed by atoms with E-state index in [1.807, 2.05) is 12.1 Å². The molecule has 208 valence electrons. The fraction of sp³-hybridized carbons (Fsp3) is 0.429. The summed E-state index contributed by atoms with van der Waals surface area (Å²) in [5.74, 6) is -0.225. The van der Waals surface area contributed by atoms with Crippen molar-refractivity contribution in [3.8, 4) is 11.3 Å². The van der Waals surface area contributed by atoms with Crippen LogP contribution in [-0.4, -0.2) is 65.7 Å². The van der Waals surface area contributed by atoms with Gasteiger partial charge in [0.1, 0.15) is 0 Å². The van der Waals surface area contributed by atoms with Gasteiger partial charge in [0.15, 0.2) is 0 Å². The van der Waals surface area contributed by atoms with E-state index in [1.54, 1.807) is 30.3 Å². The number of aryl methyl sites for hydroxylation is 1. The molecule has 11 heteroatoms. The molecule has 3 heterocycles. The highest BCUT2D eigenvalue weighted by Crippen LogP contribution is 2.33. The van der Waals surface area contributed by atoms with Gasteiger partial charge in [-0.15, -0.1) is 0 Å². The van der Waals surface area contributed by atoms with Crippen molar-refractivity contribution < 1.29 is 13.2 Å². The molecular weight excluding hydrogens is 557 g/mol. The molecule has 0 atom stereocenters. The topological polar surface area (TPSA) is 87.5 Å². The van der Waals surface area contributed by atoms with Crippen molar-refractivity contribution in [2.45, 2.75) is 45.3 Å². The van der Waals surface area contributed by atoms with Gasteiger partial charge in [-0.25, -0.2) is 8.42 Å². The zero-order valence-electron chi connectivity index (χ0n) is 22.0. The van der Waals surface area contributed by atoms with E-state index < -0.39 is 10.0 Å². The predicted octanol–water partition coefficient (Wildman–Crippen LogP) is 4.59. The Morgan fingerprint density at radius 1 is 1.03 bits per heavy atom. The van der Waals surface area contributed by atoms with E-state index in [4.69, 9.17) is 28.3 Å². The number of aromatic nitrogens is 2. The van der Waals surface area contributed by atoms with Crippen molar-refractivity contribution in [2.24, 2.45) is 0 Å². The summed E-state index contributed by atoms with van der Waals surface area (Å²) >= 11 is 12.4. The number of hydrogen-bond acceptors (Lipinski definition) is 5. The maximum absolute atomic E-state index is 12.6. The number of nitrogens with one attached hydrogen (secondary N) is 1. The second kappa shape index (κ2) is 12.0. The van der Waals surface area contributed by atoms with Gasteiger partial charge in [-0.1, -0.05) is 29.3 Å². The fourth-order valence-electron chi connectivity index (χ4n) is 5.35. The summed E-state index contributed by atoms with van der Waals surface area (Å²) in [5, 5.41) is 9.02. The lowest BCUT2D eigenvalue weighted by Gasteiger charge is -2.26. The minimum Gasteiger partial charge on any atom is -0.348 e. The normalized spacial score (nSPS) is 16.4. The Morgan fingerprint density at radius 2 is 1.77 bits per heavy atom. The van der Waals surface area contributed by atoms with Crippen molar-refractivity contribution >= 4 is 39.1 Å². The summed E-state index contributed by atoms with van der Waals surface area (Å²) < 4.78 is 28.3. The number of fused-ring (bicyclic) bond motifs is 1. The standard InChI is InChI=1S/C28H33Cl2N5O3S/c1-39(37,38)34-16-11-26-24(19-34)27(32-35(26)15-4-14-33-12-2-3-13-33)21-7-10-25(30)22(17-21)18-31-28(36)20-5-8-23(29)9-6-20/h5-10,17H,2-4,11-16,18-19H2,1H3,(H,31,36). The first kappa shape index (κ1) is 28.1. The molecular formula is C28H33Cl2N5O3S. The van der Waals surface area contributed by atoms with E-state index >= 15 is 0 Å². The Labute approximate surface area is 239 Å². The first-order valence-corrected chi connectivity index (χ1v) is 15.9. The molecule has 2 aromatic carbocycles. The monoisotopic (exact) mass is 589 g/mol. The van der Waals surface area contributed by atoms with Crippen LogP contribution in [-0.2, 0) is 36.1 Å². The molecule has 0 saturated carbocycles. The first-order chi connectivity index (χ1) is 18.7. The van der Waals surface area contributed by atoms with Crippen molar-refractivity contribution in [2.75, 3.05) is 32.4 Å². The second-order valence-corrected chi connectivity index (χ2v) is 13.1. The number of amides is 1. The van der Waals surface area contributed by atoms with Gasteiger partial charge >= 0.3 is 0 Å². The highest BCUT2D eigenvalue weighted by Gasteiger charge is 2.30. The number of halogens is 2. The minimum atomic E-state index is -3.34. The lowest BCUT2D eigenvalue weighted by molar-refractivity contribution is 0.0951.